The quantitative estimate of drug-likeness (QED) is 0.861. The summed E-state index contributed by atoms with van der Waals surface area (Å²) in [7, 11) is 0. The van der Waals surface area contributed by atoms with E-state index in [1.54, 1.807) is 12.1 Å². The molecule has 1 unspecified atom stereocenters. The number of hydrogen-bond donors (Lipinski definition) is 1. The van der Waals surface area contributed by atoms with E-state index in [2.05, 4.69) is 5.32 Å². The van der Waals surface area contributed by atoms with Crippen LogP contribution in [-0.4, -0.2) is 30.6 Å². The molecule has 0 saturated heterocycles. The zero-order valence-electron chi connectivity index (χ0n) is 11.9. The van der Waals surface area contributed by atoms with Gasteiger partial charge >= 0.3 is 6.09 Å². The fourth-order valence-corrected chi connectivity index (χ4v) is 2.04. The summed E-state index contributed by atoms with van der Waals surface area (Å²) in [4.78, 5) is 22.3. The van der Waals surface area contributed by atoms with E-state index >= 15 is 0 Å². The number of ether oxygens (including phenoxy) is 2. The first-order valence-electron chi connectivity index (χ1n) is 6.59. The maximum atomic E-state index is 11.6. The van der Waals surface area contributed by atoms with Crippen LogP contribution in [0.2, 0.25) is 0 Å². The van der Waals surface area contributed by atoms with Crippen LogP contribution in [0.4, 0.5) is 4.79 Å². The van der Waals surface area contributed by atoms with Crippen LogP contribution in [0, 0.1) is 0 Å². The minimum Gasteiger partial charge on any atom is -0.488 e. The zero-order chi connectivity index (χ0) is 14.8. The van der Waals surface area contributed by atoms with E-state index < -0.39 is 11.7 Å². The van der Waals surface area contributed by atoms with Gasteiger partial charge in [0, 0.05) is 12.0 Å². The molecule has 0 aromatic heterocycles. The minimum absolute atomic E-state index is 0.126. The molecule has 108 valence electrons. The van der Waals surface area contributed by atoms with Crippen LogP contribution in [0.1, 0.15) is 36.7 Å². The highest BCUT2D eigenvalue weighted by molar-refractivity contribution is 5.75. The Balaban J connectivity index is 1.86. The number of amides is 1. The van der Waals surface area contributed by atoms with Gasteiger partial charge in [-0.25, -0.2) is 4.79 Å². The molecule has 5 nitrogen and oxygen atoms in total. The third kappa shape index (κ3) is 3.73. The largest absolute Gasteiger partial charge is 0.488 e. The average molecular weight is 277 g/mol. The first kappa shape index (κ1) is 14.4. The molecule has 0 saturated carbocycles. The maximum Gasteiger partial charge on any atom is 0.407 e. The summed E-state index contributed by atoms with van der Waals surface area (Å²) < 4.78 is 10.9. The summed E-state index contributed by atoms with van der Waals surface area (Å²) in [6.07, 6.45) is 0.907. The highest BCUT2D eigenvalue weighted by atomic mass is 16.6. The topological polar surface area (TPSA) is 64.6 Å². The van der Waals surface area contributed by atoms with E-state index in [-0.39, 0.29) is 6.10 Å². The van der Waals surface area contributed by atoms with Crippen LogP contribution in [0.3, 0.4) is 0 Å². The molecular weight excluding hydrogens is 258 g/mol. The molecule has 0 fully saturated rings. The Morgan fingerprint density at radius 1 is 1.50 bits per heavy atom. The van der Waals surface area contributed by atoms with E-state index in [4.69, 9.17) is 9.47 Å². The molecule has 1 aliphatic heterocycles. The van der Waals surface area contributed by atoms with Crippen molar-refractivity contribution in [3.05, 3.63) is 29.3 Å². The van der Waals surface area contributed by atoms with Crippen molar-refractivity contribution in [3.63, 3.8) is 0 Å². The van der Waals surface area contributed by atoms with Crippen molar-refractivity contribution < 1.29 is 19.1 Å². The van der Waals surface area contributed by atoms with Gasteiger partial charge in [0.1, 0.15) is 23.7 Å². The molecule has 0 spiro atoms. The number of nitrogens with one attached hydrogen (secondary N) is 1. The molecule has 0 radical (unpaired) electrons. The van der Waals surface area contributed by atoms with Gasteiger partial charge in [-0.2, -0.15) is 0 Å². The van der Waals surface area contributed by atoms with Crippen molar-refractivity contribution in [2.24, 2.45) is 0 Å². The third-order valence-electron chi connectivity index (χ3n) is 2.83. The fourth-order valence-electron chi connectivity index (χ4n) is 2.04. The smallest absolute Gasteiger partial charge is 0.407 e. The summed E-state index contributed by atoms with van der Waals surface area (Å²) in [5.74, 6) is 0.770. The van der Waals surface area contributed by atoms with Gasteiger partial charge in [0.05, 0.1) is 6.54 Å². The van der Waals surface area contributed by atoms with Crippen LogP contribution in [0.15, 0.2) is 18.2 Å². The van der Waals surface area contributed by atoms with Crippen LogP contribution < -0.4 is 10.1 Å². The molecule has 2 rings (SSSR count). The first-order valence-corrected chi connectivity index (χ1v) is 6.59. The van der Waals surface area contributed by atoms with Gasteiger partial charge in [-0.1, -0.05) is 0 Å². The summed E-state index contributed by atoms with van der Waals surface area (Å²) in [6.45, 7) is 5.82. The molecule has 0 bridgehead atoms. The number of carbonyl (C=O) groups excluding carboxylic acids is 2. The minimum atomic E-state index is -0.511. The average Bonchev–Trinajstić information content (AvgIpc) is 2.75. The molecule has 0 aliphatic carbocycles. The number of hydrogen-bond acceptors (Lipinski definition) is 4. The molecular formula is C15H19NO4. The van der Waals surface area contributed by atoms with Crippen LogP contribution in [0.5, 0.6) is 5.75 Å². The summed E-state index contributed by atoms with van der Waals surface area (Å²) in [5.41, 5.74) is 1.11. The van der Waals surface area contributed by atoms with Crippen molar-refractivity contribution in [1.29, 1.82) is 0 Å². The number of fused-ring (bicyclic) bond motifs is 1. The highest BCUT2D eigenvalue weighted by Gasteiger charge is 2.24. The maximum absolute atomic E-state index is 11.6. The van der Waals surface area contributed by atoms with Crippen molar-refractivity contribution in [2.45, 2.75) is 38.9 Å². The van der Waals surface area contributed by atoms with Crippen LogP contribution in [-0.2, 0) is 11.2 Å². The standard InChI is InChI=1S/C15H19NO4/c1-15(2,3)20-14(18)16-8-12-7-11-6-10(9-17)4-5-13(11)19-12/h4-6,9,12H,7-8H2,1-3H3,(H,16,18). The van der Waals surface area contributed by atoms with E-state index in [1.807, 2.05) is 26.8 Å². The molecule has 1 amide bonds. The molecule has 1 N–H and O–H groups in total. The Kier molecular flexibility index (Phi) is 3.97. The van der Waals surface area contributed by atoms with Gasteiger partial charge in [-0.15, -0.1) is 0 Å². The molecule has 1 aromatic carbocycles. The van der Waals surface area contributed by atoms with E-state index in [0.29, 0.717) is 18.5 Å². The second-order valence-corrected chi connectivity index (χ2v) is 5.81. The van der Waals surface area contributed by atoms with Gasteiger partial charge in [-0.05, 0) is 44.5 Å². The lowest BCUT2D eigenvalue weighted by atomic mass is 10.1. The van der Waals surface area contributed by atoms with Gasteiger partial charge in [0.25, 0.3) is 0 Å². The molecule has 5 heteroatoms. The molecule has 20 heavy (non-hydrogen) atoms. The van der Waals surface area contributed by atoms with Gasteiger partial charge in [0.15, 0.2) is 0 Å². The van der Waals surface area contributed by atoms with Crippen molar-refractivity contribution in [3.8, 4) is 5.75 Å². The number of carbonyl (C=O) groups is 2. The van der Waals surface area contributed by atoms with Gasteiger partial charge in [-0.3, -0.25) is 4.79 Å². The van der Waals surface area contributed by atoms with Crippen molar-refractivity contribution in [1.82, 2.24) is 5.32 Å². The summed E-state index contributed by atoms with van der Waals surface area (Å²) in [6, 6.07) is 5.32. The Bertz CT molecular complexity index is 519. The third-order valence-corrected chi connectivity index (χ3v) is 2.83. The van der Waals surface area contributed by atoms with Gasteiger partial charge in [0.2, 0.25) is 0 Å². The lowest BCUT2D eigenvalue weighted by Gasteiger charge is -2.20. The number of benzene rings is 1. The predicted octanol–water partition coefficient (Wildman–Crippen LogP) is 2.33. The second-order valence-electron chi connectivity index (χ2n) is 5.81. The Morgan fingerprint density at radius 3 is 2.90 bits per heavy atom. The normalized spacial score (nSPS) is 17.1. The van der Waals surface area contributed by atoms with E-state index in [0.717, 1.165) is 17.6 Å². The number of alkyl carbamates (subject to hydrolysis) is 1. The summed E-state index contributed by atoms with van der Waals surface area (Å²) in [5, 5.41) is 2.69. The number of rotatable bonds is 3. The van der Waals surface area contributed by atoms with E-state index in [9.17, 15) is 9.59 Å². The molecule has 1 heterocycles. The number of aldehydes is 1. The Morgan fingerprint density at radius 2 is 2.25 bits per heavy atom. The Labute approximate surface area is 118 Å². The SMILES string of the molecule is CC(C)(C)OC(=O)NCC1Cc2cc(C=O)ccc2O1. The lowest BCUT2D eigenvalue weighted by molar-refractivity contribution is 0.0506. The predicted molar refractivity (Wildman–Crippen MR) is 74.2 cm³/mol. The molecule has 1 aliphatic rings. The lowest BCUT2D eigenvalue weighted by Crippen LogP contribution is -2.38. The van der Waals surface area contributed by atoms with Crippen LogP contribution in [0.25, 0.3) is 0 Å². The fraction of sp³-hybridized carbons (Fsp3) is 0.467. The van der Waals surface area contributed by atoms with Gasteiger partial charge < -0.3 is 14.8 Å². The van der Waals surface area contributed by atoms with E-state index in [1.165, 1.54) is 0 Å². The zero-order valence-corrected chi connectivity index (χ0v) is 11.9. The Hall–Kier alpha value is -2.04. The van der Waals surface area contributed by atoms with Crippen molar-refractivity contribution in [2.75, 3.05) is 6.54 Å². The monoisotopic (exact) mass is 277 g/mol. The first-order chi connectivity index (χ1) is 9.37. The van der Waals surface area contributed by atoms with Crippen molar-refractivity contribution >= 4 is 12.4 Å². The highest BCUT2D eigenvalue weighted by Crippen LogP contribution is 2.29. The molecule has 1 aromatic rings. The molecule has 1 atom stereocenters. The van der Waals surface area contributed by atoms with Crippen LogP contribution >= 0.6 is 0 Å². The second kappa shape index (κ2) is 5.53. The summed E-state index contributed by atoms with van der Waals surface area (Å²) >= 11 is 0.